The molecule has 0 unspecified atom stereocenters. The van der Waals surface area contributed by atoms with E-state index >= 15 is 0 Å². The van der Waals surface area contributed by atoms with E-state index in [9.17, 15) is 0 Å². The van der Waals surface area contributed by atoms with Crippen LogP contribution in [0.1, 0.15) is 19.3 Å². The molecule has 0 saturated carbocycles. The third kappa shape index (κ3) is 2.79. The summed E-state index contributed by atoms with van der Waals surface area (Å²) in [5.41, 5.74) is 0. The fourth-order valence-electron chi connectivity index (χ4n) is 1.86. The predicted octanol–water partition coefficient (Wildman–Crippen LogP) is 0.944. The summed E-state index contributed by atoms with van der Waals surface area (Å²) < 4.78 is 0. The van der Waals surface area contributed by atoms with Crippen LogP contribution in [0.25, 0.3) is 0 Å². The molecule has 0 aromatic heterocycles. The van der Waals surface area contributed by atoms with Gasteiger partial charge < -0.3 is 10.6 Å². The first kappa shape index (κ1) is 11.5. The van der Waals surface area contributed by atoms with Crippen LogP contribution in [-0.4, -0.2) is 25.2 Å². The Morgan fingerprint density at radius 1 is 0.909 bits per heavy atom. The van der Waals surface area contributed by atoms with Gasteiger partial charge in [-0.1, -0.05) is 6.42 Å². The van der Waals surface area contributed by atoms with Gasteiger partial charge in [-0.05, 0) is 12.8 Å². The molecule has 0 aliphatic carbocycles. The topological polar surface area (TPSA) is 24.1 Å². The minimum atomic E-state index is 0. The van der Waals surface area contributed by atoms with E-state index in [0.717, 1.165) is 12.1 Å². The first-order chi connectivity index (χ1) is 4.45. The lowest BCUT2D eigenvalue weighted by Gasteiger charge is -2.36. The van der Waals surface area contributed by atoms with Crippen LogP contribution in [0.2, 0.25) is 0 Å². The number of halogens is 2. The van der Waals surface area contributed by atoms with Crippen LogP contribution in [0.5, 0.6) is 0 Å². The molecule has 2 aliphatic rings. The van der Waals surface area contributed by atoms with Gasteiger partial charge in [0.1, 0.15) is 0 Å². The monoisotopic (exact) mass is 198 g/mol. The van der Waals surface area contributed by atoms with Crippen LogP contribution in [0.15, 0.2) is 0 Å². The number of piperidine rings is 1. The normalized spacial score (nSPS) is 34.9. The largest absolute Gasteiger partial charge is 0.314 e. The Hall–Kier alpha value is 0.500. The molecule has 0 amide bonds. The molecule has 2 N–H and O–H groups in total. The van der Waals surface area contributed by atoms with Crippen LogP contribution in [-0.2, 0) is 0 Å². The molecule has 2 nitrogen and oxygen atoms in total. The quantitative estimate of drug-likeness (QED) is 0.606. The van der Waals surface area contributed by atoms with Crippen LogP contribution in [0, 0.1) is 0 Å². The fourth-order valence-corrected chi connectivity index (χ4v) is 1.86. The first-order valence-corrected chi connectivity index (χ1v) is 3.92. The minimum Gasteiger partial charge on any atom is -0.314 e. The van der Waals surface area contributed by atoms with E-state index in [2.05, 4.69) is 10.6 Å². The van der Waals surface area contributed by atoms with Crippen molar-refractivity contribution in [1.82, 2.24) is 10.6 Å². The van der Waals surface area contributed by atoms with Gasteiger partial charge in [0.25, 0.3) is 0 Å². The second kappa shape index (κ2) is 5.20. The summed E-state index contributed by atoms with van der Waals surface area (Å²) in [6.45, 7) is 2.38. The van der Waals surface area contributed by atoms with E-state index in [1.165, 1.54) is 32.4 Å². The summed E-state index contributed by atoms with van der Waals surface area (Å²) in [5, 5.41) is 7.01. The average Bonchev–Trinajstić information content (AvgIpc) is 1.88. The Morgan fingerprint density at radius 3 is 1.91 bits per heavy atom. The molecule has 2 fully saturated rings. The second-order valence-electron chi connectivity index (χ2n) is 3.15. The zero-order chi connectivity index (χ0) is 6.10. The Bertz CT molecular complexity index is 90.6. The standard InChI is InChI=1S/C7H14N2.2ClH/c1-2-6-4-8-5-7(3-1)9-6;;/h6-9H,1-5H2;2*1H/t6-,7+;;. The number of hydrogen-bond acceptors (Lipinski definition) is 2. The van der Waals surface area contributed by atoms with Crippen molar-refractivity contribution in [3.05, 3.63) is 0 Å². The summed E-state index contributed by atoms with van der Waals surface area (Å²) in [6, 6.07) is 1.58. The molecule has 0 radical (unpaired) electrons. The van der Waals surface area contributed by atoms with E-state index in [4.69, 9.17) is 0 Å². The molecule has 2 bridgehead atoms. The van der Waals surface area contributed by atoms with E-state index in [1.807, 2.05) is 0 Å². The molecule has 0 spiro atoms. The number of piperazine rings is 1. The maximum absolute atomic E-state index is 3.59. The molecule has 2 rings (SSSR count). The van der Waals surface area contributed by atoms with Gasteiger partial charge in [0.05, 0.1) is 0 Å². The summed E-state index contributed by atoms with van der Waals surface area (Å²) in [4.78, 5) is 0. The van der Waals surface area contributed by atoms with Gasteiger partial charge >= 0.3 is 0 Å². The molecule has 2 heterocycles. The van der Waals surface area contributed by atoms with Gasteiger partial charge in [0.15, 0.2) is 0 Å². The molecular weight excluding hydrogens is 183 g/mol. The third-order valence-electron chi connectivity index (χ3n) is 2.36. The van der Waals surface area contributed by atoms with Crippen molar-refractivity contribution in [3.63, 3.8) is 0 Å². The van der Waals surface area contributed by atoms with Crippen LogP contribution in [0.3, 0.4) is 0 Å². The van der Waals surface area contributed by atoms with Crippen molar-refractivity contribution in [2.45, 2.75) is 31.3 Å². The van der Waals surface area contributed by atoms with Gasteiger partial charge in [-0.3, -0.25) is 0 Å². The Kier molecular flexibility index (Phi) is 5.44. The molecule has 4 heteroatoms. The van der Waals surface area contributed by atoms with Crippen molar-refractivity contribution in [2.75, 3.05) is 13.1 Å². The molecule has 2 saturated heterocycles. The SMILES string of the molecule is C1C[C@@H]2CNC[C@H](C1)N2.Cl.Cl. The Morgan fingerprint density at radius 2 is 1.45 bits per heavy atom. The molecule has 0 aromatic carbocycles. The highest BCUT2D eigenvalue weighted by atomic mass is 35.5. The maximum atomic E-state index is 3.59. The van der Waals surface area contributed by atoms with Crippen LogP contribution < -0.4 is 10.6 Å². The number of fused-ring (bicyclic) bond motifs is 2. The van der Waals surface area contributed by atoms with Crippen molar-refractivity contribution >= 4 is 24.8 Å². The average molecular weight is 199 g/mol. The van der Waals surface area contributed by atoms with Crippen molar-refractivity contribution in [2.24, 2.45) is 0 Å². The molecule has 11 heavy (non-hydrogen) atoms. The van der Waals surface area contributed by atoms with Crippen molar-refractivity contribution in [1.29, 1.82) is 0 Å². The lowest BCUT2D eigenvalue weighted by Crippen LogP contribution is -2.57. The number of nitrogens with one attached hydrogen (secondary N) is 2. The summed E-state index contributed by atoms with van der Waals surface area (Å²) in [6.07, 6.45) is 4.19. The summed E-state index contributed by atoms with van der Waals surface area (Å²) in [7, 11) is 0. The minimum absolute atomic E-state index is 0. The van der Waals surface area contributed by atoms with Gasteiger partial charge in [0, 0.05) is 25.2 Å². The highest BCUT2D eigenvalue weighted by Gasteiger charge is 2.23. The molecule has 68 valence electrons. The van der Waals surface area contributed by atoms with Gasteiger partial charge in [0.2, 0.25) is 0 Å². The zero-order valence-electron chi connectivity index (χ0n) is 6.51. The lowest BCUT2D eigenvalue weighted by atomic mass is 9.96. The van der Waals surface area contributed by atoms with E-state index in [0.29, 0.717) is 0 Å². The Labute approximate surface area is 80.3 Å². The summed E-state index contributed by atoms with van der Waals surface area (Å²) >= 11 is 0. The van der Waals surface area contributed by atoms with Crippen LogP contribution >= 0.6 is 24.8 Å². The lowest BCUT2D eigenvalue weighted by molar-refractivity contribution is 0.260. The fraction of sp³-hybridized carbons (Fsp3) is 1.00. The maximum Gasteiger partial charge on any atom is 0.0195 e. The van der Waals surface area contributed by atoms with Gasteiger partial charge in [-0.15, -0.1) is 24.8 Å². The summed E-state index contributed by atoms with van der Waals surface area (Å²) in [5.74, 6) is 0. The van der Waals surface area contributed by atoms with Crippen molar-refractivity contribution in [3.8, 4) is 0 Å². The molecule has 2 atom stereocenters. The number of rotatable bonds is 0. The molecule has 0 aromatic rings. The number of hydrogen-bond donors (Lipinski definition) is 2. The van der Waals surface area contributed by atoms with E-state index in [1.54, 1.807) is 0 Å². The van der Waals surface area contributed by atoms with E-state index in [-0.39, 0.29) is 24.8 Å². The van der Waals surface area contributed by atoms with Gasteiger partial charge in [-0.2, -0.15) is 0 Å². The molecular formula is C7H16Cl2N2. The second-order valence-corrected chi connectivity index (χ2v) is 3.15. The first-order valence-electron chi connectivity index (χ1n) is 3.92. The highest BCUT2D eigenvalue weighted by Crippen LogP contribution is 2.14. The highest BCUT2D eigenvalue weighted by molar-refractivity contribution is 5.85. The van der Waals surface area contributed by atoms with Crippen molar-refractivity contribution < 1.29 is 0 Å². The van der Waals surface area contributed by atoms with Crippen LogP contribution in [0.4, 0.5) is 0 Å². The van der Waals surface area contributed by atoms with Gasteiger partial charge in [-0.25, -0.2) is 0 Å². The zero-order valence-corrected chi connectivity index (χ0v) is 8.14. The predicted molar refractivity (Wildman–Crippen MR) is 51.9 cm³/mol. The molecule has 2 aliphatic heterocycles. The smallest absolute Gasteiger partial charge is 0.0195 e. The third-order valence-corrected chi connectivity index (χ3v) is 2.36. The van der Waals surface area contributed by atoms with E-state index < -0.39 is 0 Å². The Balaban J connectivity index is 0.000000500.